The third-order valence-electron chi connectivity index (χ3n) is 5.21. The van der Waals surface area contributed by atoms with Crippen LogP contribution in [-0.4, -0.2) is 31.6 Å². The Bertz CT molecular complexity index is 841. The molecule has 6 heteroatoms. The van der Waals surface area contributed by atoms with Gasteiger partial charge in [-0.15, -0.1) is 0 Å². The first-order chi connectivity index (χ1) is 13.3. The van der Waals surface area contributed by atoms with Gasteiger partial charge >= 0.3 is 0 Å². The van der Waals surface area contributed by atoms with Crippen LogP contribution < -0.4 is 0 Å². The van der Waals surface area contributed by atoms with E-state index in [4.69, 9.17) is 9.51 Å². The smallest absolute Gasteiger partial charge is 0.226 e. The van der Waals surface area contributed by atoms with Crippen LogP contribution in [0.15, 0.2) is 41.1 Å². The first-order valence-corrected chi connectivity index (χ1v) is 9.99. The van der Waals surface area contributed by atoms with Crippen LogP contribution in [0.2, 0.25) is 0 Å². The van der Waals surface area contributed by atoms with Crippen molar-refractivity contribution in [2.45, 2.75) is 58.0 Å². The molecule has 1 aliphatic heterocycles. The number of hydrogen-bond donors (Lipinski definition) is 1. The molecule has 1 aromatic carbocycles. The number of aromatic amines is 1. The summed E-state index contributed by atoms with van der Waals surface area (Å²) in [5, 5.41) is 4.19. The summed E-state index contributed by atoms with van der Waals surface area (Å²) in [7, 11) is 0. The Hall–Kier alpha value is -2.47. The molecule has 0 bridgehead atoms. The van der Waals surface area contributed by atoms with Crippen LogP contribution in [0.4, 0.5) is 0 Å². The van der Waals surface area contributed by atoms with Gasteiger partial charge in [-0.2, -0.15) is 4.98 Å². The van der Waals surface area contributed by atoms with Gasteiger partial charge < -0.3 is 9.51 Å². The zero-order valence-corrected chi connectivity index (χ0v) is 15.9. The normalized spacial score (nSPS) is 18.0. The van der Waals surface area contributed by atoms with Crippen molar-refractivity contribution in [2.75, 3.05) is 6.54 Å². The molecule has 1 saturated heterocycles. The van der Waals surface area contributed by atoms with Crippen LogP contribution in [0.25, 0.3) is 11.3 Å². The van der Waals surface area contributed by atoms with E-state index in [1.165, 1.54) is 12.8 Å². The summed E-state index contributed by atoms with van der Waals surface area (Å²) in [5.41, 5.74) is 2.23. The zero-order chi connectivity index (χ0) is 18.5. The molecule has 0 spiro atoms. The van der Waals surface area contributed by atoms with E-state index < -0.39 is 0 Å². The molecule has 0 amide bonds. The Morgan fingerprint density at radius 3 is 2.96 bits per heavy atom. The summed E-state index contributed by atoms with van der Waals surface area (Å²) < 4.78 is 5.40. The van der Waals surface area contributed by atoms with E-state index in [0.717, 1.165) is 61.0 Å². The van der Waals surface area contributed by atoms with Crippen molar-refractivity contribution in [3.05, 3.63) is 54.1 Å². The first kappa shape index (κ1) is 17.9. The molecule has 1 aliphatic rings. The summed E-state index contributed by atoms with van der Waals surface area (Å²) >= 11 is 0. The Balaban J connectivity index is 1.48. The molecule has 2 aromatic heterocycles. The third kappa shape index (κ3) is 4.27. The van der Waals surface area contributed by atoms with E-state index in [1.807, 2.05) is 12.3 Å². The number of imidazole rings is 1. The number of aromatic nitrogens is 4. The summed E-state index contributed by atoms with van der Waals surface area (Å²) in [4.78, 5) is 15.2. The molecule has 3 aromatic rings. The highest BCUT2D eigenvalue weighted by Gasteiger charge is 2.27. The number of aryl methyl sites for hydroxylation is 1. The lowest BCUT2D eigenvalue weighted by Crippen LogP contribution is -2.33. The van der Waals surface area contributed by atoms with E-state index in [-0.39, 0.29) is 6.04 Å². The topological polar surface area (TPSA) is 70.8 Å². The number of benzene rings is 1. The van der Waals surface area contributed by atoms with Gasteiger partial charge in [0.25, 0.3) is 0 Å². The molecule has 142 valence electrons. The second kappa shape index (κ2) is 8.48. The maximum atomic E-state index is 5.40. The molecule has 4 rings (SSSR count). The molecule has 0 radical (unpaired) electrons. The van der Waals surface area contributed by atoms with Crippen molar-refractivity contribution < 1.29 is 4.52 Å². The minimum absolute atomic E-state index is 0.272. The number of H-pyrrole nitrogens is 1. The number of nitrogens with one attached hydrogen (secondary N) is 1. The predicted molar refractivity (Wildman–Crippen MR) is 104 cm³/mol. The third-order valence-corrected chi connectivity index (χ3v) is 5.21. The predicted octanol–water partition coefficient (Wildman–Crippen LogP) is 4.53. The highest BCUT2D eigenvalue weighted by atomic mass is 16.5. The molecule has 3 heterocycles. The van der Waals surface area contributed by atoms with Gasteiger partial charge in [0.1, 0.15) is 5.82 Å². The maximum Gasteiger partial charge on any atom is 0.226 e. The summed E-state index contributed by atoms with van der Waals surface area (Å²) in [6.45, 7) is 3.91. The maximum absolute atomic E-state index is 5.40. The van der Waals surface area contributed by atoms with Gasteiger partial charge in [-0.05, 0) is 31.4 Å². The average Bonchev–Trinajstić information content (AvgIpc) is 3.37. The largest absolute Gasteiger partial charge is 0.341 e. The van der Waals surface area contributed by atoms with E-state index >= 15 is 0 Å². The lowest BCUT2D eigenvalue weighted by molar-refractivity contribution is 0.129. The molecule has 1 N–H and O–H groups in total. The molecule has 1 atom stereocenters. The molecule has 0 saturated carbocycles. The van der Waals surface area contributed by atoms with Crippen LogP contribution in [0.5, 0.6) is 0 Å². The van der Waals surface area contributed by atoms with Crippen LogP contribution in [0, 0.1) is 0 Å². The molecule has 6 nitrogen and oxygen atoms in total. The van der Waals surface area contributed by atoms with E-state index in [0.29, 0.717) is 6.54 Å². The Morgan fingerprint density at radius 1 is 1.22 bits per heavy atom. The van der Waals surface area contributed by atoms with Crippen molar-refractivity contribution in [2.24, 2.45) is 0 Å². The van der Waals surface area contributed by atoms with Gasteiger partial charge in [0.05, 0.1) is 24.5 Å². The van der Waals surface area contributed by atoms with E-state index in [2.05, 4.69) is 51.2 Å². The minimum atomic E-state index is 0.272. The Labute approximate surface area is 160 Å². The molecule has 27 heavy (non-hydrogen) atoms. The van der Waals surface area contributed by atoms with Crippen molar-refractivity contribution >= 4 is 0 Å². The second-order valence-corrected chi connectivity index (χ2v) is 7.24. The number of likely N-dealkylation sites (tertiary alicyclic amines) is 1. The molecular formula is C21H27N5O. The number of nitrogens with zero attached hydrogens (tertiary/aromatic N) is 4. The van der Waals surface area contributed by atoms with Crippen LogP contribution in [0.3, 0.4) is 0 Å². The summed E-state index contributed by atoms with van der Waals surface area (Å²) in [5.74, 6) is 2.57. The van der Waals surface area contributed by atoms with Crippen molar-refractivity contribution in [1.82, 2.24) is 25.0 Å². The summed E-state index contributed by atoms with van der Waals surface area (Å²) in [6.07, 6.45) is 8.54. The lowest BCUT2D eigenvalue weighted by Gasteiger charge is -2.33. The molecule has 1 unspecified atom stereocenters. The van der Waals surface area contributed by atoms with Gasteiger partial charge in [0.15, 0.2) is 5.82 Å². The molecular weight excluding hydrogens is 338 g/mol. The van der Waals surface area contributed by atoms with Gasteiger partial charge in [0, 0.05) is 6.42 Å². The van der Waals surface area contributed by atoms with Crippen molar-refractivity contribution in [3.8, 4) is 11.3 Å². The first-order valence-electron chi connectivity index (χ1n) is 9.99. The van der Waals surface area contributed by atoms with Crippen LogP contribution in [-0.2, 0) is 13.0 Å². The van der Waals surface area contributed by atoms with Gasteiger partial charge in [0.2, 0.25) is 5.89 Å². The van der Waals surface area contributed by atoms with Crippen LogP contribution >= 0.6 is 0 Å². The fourth-order valence-corrected chi connectivity index (χ4v) is 3.73. The highest BCUT2D eigenvalue weighted by molar-refractivity contribution is 5.58. The van der Waals surface area contributed by atoms with Crippen molar-refractivity contribution in [1.29, 1.82) is 0 Å². The standard InChI is InChI=1S/C21H27N5O/c1-2-3-12-20-24-19(25-27-20)15-26-13-8-7-11-18(26)21-22-14-17(23-21)16-9-5-4-6-10-16/h4-6,9-10,14,18H,2-3,7-8,11-13,15H2,1H3,(H,22,23). The van der Waals surface area contributed by atoms with Gasteiger partial charge in [-0.1, -0.05) is 55.3 Å². The molecule has 0 aliphatic carbocycles. The fraction of sp³-hybridized carbons (Fsp3) is 0.476. The van der Waals surface area contributed by atoms with Gasteiger partial charge in [-0.3, -0.25) is 4.90 Å². The quantitative estimate of drug-likeness (QED) is 0.666. The van der Waals surface area contributed by atoms with Crippen molar-refractivity contribution in [3.63, 3.8) is 0 Å². The monoisotopic (exact) mass is 365 g/mol. The Morgan fingerprint density at radius 2 is 2.11 bits per heavy atom. The summed E-state index contributed by atoms with van der Waals surface area (Å²) in [6, 6.07) is 10.6. The minimum Gasteiger partial charge on any atom is -0.341 e. The number of hydrogen-bond acceptors (Lipinski definition) is 5. The van der Waals surface area contributed by atoms with Crippen LogP contribution in [0.1, 0.15) is 62.6 Å². The van der Waals surface area contributed by atoms with E-state index in [9.17, 15) is 0 Å². The average molecular weight is 365 g/mol. The second-order valence-electron chi connectivity index (χ2n) is 7.24. The Kier molecular flexibility index (Phi) is 5.63. The number of piperidine rings is 1. The van der Waals surface area contributed by atoms with Gasteiger partial charge in [-0.25, -0.2) is 4.98 Å². The number of rotatable bonds is 7. The fourth-order valence-electron chi connectivity index (χ4n) is 3.73. The highest BCUT2D eigenvalue weighted by Crippen LogP contribution is 2.31. The lowest BCUT2D eigenvalue weighted by atomic mass is 10.0. The van der Waals surface area contributed by atoms with E-state index in [1.54, 1.807) is 0 Å². The number of unbranched alkanes of at least 4 members (excludes halogenated alkanes) is 1. The SMILES string of the molecule is CCCCc1nc(CN2CCCCC2c2ncc(-c3ccccc3)[nH]2)no1. The molecule has 1 fully saturated rings. The zero-order valence-electron chi connectivity index (χ0n) is 15.9.